The van der Waals surface area contributed by atoms with E-state index in [-0.39, 0.29) is 5.91 Å². The van der Waals surface area contributed by atoms with Crippen LogP contribution in [0.25, 0.3) is 0 Å². The summed E-state index contributed by atoms with van der Waals surface area (Å²) in [5.41, 5.74) is 0.706. The highest BCUT2D eigenvalue weighted by Gasteiger charge is 2.64. The van der Waals surface area contributed by atoms with E-state index in [2.05, 4.69) is 38.3 Å². The third-order valence-corrected chi connectivity index (χ3v) is 4.49. The summed E-state index contributed by atoms with van der Waals surface area (Å²) in [7, 11) is 0. The smallest absolute Gasteiger partial charge is 0.233 e. The number of nitrogens with one attached hydrogen (secondary N) is 2. The number of carbonyl (C=O) groups is 1. The highest BCUT2D eigenvalue weighted by atomic mass is 16.1. The van der Waals surface area contributed by atoms with Crippen molar-refractivity contribution in [2.75, 3.05) is 13.1 Å². The fraction of sp³-hybridized carbons (Fsp3) is 0.923. The Hall–Kier alpha value is -0.570. The highest BCUT2D eigenvalue weighted by molar-refractivity contribution is 5.78. The Balaban J connectivity index is 2.24. The minimum atomic E-state index is 0.104. The summed E-state index contributed by atoms with van der Waals surface area (Å²) in [5, 5.41) is 6.13. The molecule has 3 heteroatoms. The minimum absolute atomic E-state index is 0.104. The van der Waals surface area contributed by atoms with Crippen molar-refractivity contribution in [1.29, 1.82) is 0 Å². The van der Waals surface area contributed by atoms with Gasteiger partial charge in [0.2, 0.25) is 5.91 Å². The summed E-state index contributed by atoms with van der Waals surface area (Å²) in [6.45, 7) is 14.4. The van der Waals surface area contributed by atoms with E-state index in [9.17, 15) is 4.79 Å². The molecule has 0 atom stereocenters. The van der Waals surface area contributed by atoms with Gasteiger partial charge in [-0.25, -0.2) is 0 Å². The molecule has 0 radical (unpaired) electrons. The Bertz CT molecular complexity index is 255. The summed E-state index contributed by atoms with van der Waals surface area (Å²) in [6.07, 6.45) is 0. The lowest BCUT2D eigenvalue weighted by Crippen LogP contribution is -2.38. The van der Waals surface area contributed by atoms with Crippen molar-refractivity contribution in [2.45, 2.75) is 47.6 Å². The molecule has 0 aromatic heterocycles. The monoisotopic (exact) mass is 226 g/mol. The molecular formula is C13H26N2O. The maximum absolute atomic E-state index is 11.5. The lowest BCUT2D eigenvalue weighted by Gasteiger charge is -2.09. The van der Waals surface area contributed by atoms with Crippen LogP contribution in [0.15, 0.2) is 0 Å². The number of rotatable bonds is 5. The molecule has 0 spiro atoms. The largest absolute Gasteiger partial charge is 0.355 e. The van der Waals surface area contributed by atoms with Gasteiger partial charge in [0.15, 0.2) is 0 Å². The average molecular weight is 226 g/mol. The van der Waals surface area contributed by atoms with Gasteiger partial charge in [-0.2, -0.15) is 0 Å². The first-order chi connectivity index (χ1) is 7.19. The van der Waals surface area contributed by atoms with Gasteiger partial charge in [-0.15, -0.1) is 0 Å². The number of amides is 1. The zero-order valence-corrected chi connectivity index (χ0v) is 11.5. The predicted molar refractivity (Wildman–Crippen MR) is 67.2 cm³/mol. The van der Waals surface area contributed by atoms with Crippen LogP contribution >= 0.6 is 0 Å². The van der Waals surface area contributed by atoms with E-state index in [4.69, 9.17) is 0 Å². The van der Waals surface area contributed by atoms with Crippen LogP contribution in [0, 0.1) is 16.7 Å². The van der Waals surface area contributed by atoms with Crippen LogP contribution in [0.5, 0.6) is 0 Å². The predicted octanol–water partition coefficient (Wildman–Crippen LogP) is 1.78. The second-order valence-electron chi connectivity index (χ2n) is 6.34. The lowest BCUT2D eigenvalue weighted by atomic mass is 10.0. The van der Waals surface area contributed by atoms with Crippen LogP contribution < -0.4 is 10.6 Å². The molecular weight excluding hydrogens is 200 g/mol. The molecule has 1 fully saturated rings. The van der Waals surface area contributed by atoms with Gasteiger partial charge in [0.05, 0.1) is 6.54 Å². The molecule has 0 aliphatic heterocycles. The summed E-state index contributed by atoms with van der Waals surface area (Å²) in [6, 6.07) is 0.361. The van der Waals surface area contributed by atoms with Crippen molar-refractivity contribution >= 4 is 5.91 Å². The molecule has 0 aromatic rings. The third kappa shape index (κ3) is 2.57. The van der Waals surface area contributed by atoms with Crippen molar-refractivity contribution in [1.82, 2.24) is 10.6 Å². The Labute approximate surface area is 99.4 Å². The summed E-state index contributed by atoms with van der Waals surface area (Å²) in [5.74, 6) is 0.704. The molecule has 0 heterocycles. The Kier molecular flexibility index (Phi) is 3.68. The summed E-state index contributed by atoms with van der Waals surface area (Å²) in [4.78, 5) is 11.5. The molecule has 0 unspecified atom stereocenters. The SMILES string of the molecule is CC(C)NCC(=O)NCC1C(C)(C)C1(C)C. The summed E-state index contributed by atoms with van der Waals surface area (Å²) < 4.78 is 0. The maximum Gasteiger partial charge on any atom is 0.233 e. The normalized spacial score (nSPS) is 22.2. The van der Waals surface area contributed by atoms with E-state index < -0.39 is 0 Å². The lowest BCUT2D eigenvalue weighted by molar-refractivity contribution is -0.120. The molecule has 1 aliphatic rings. The Morgan fingerprint density at radius 3 is 2.06 bits per heavy atom. The van der Waals surface area contributed by atoms with E-state index >= 15 is 0 Å². The van der Waals surface area contributed by atoms with Crippen molar-refractivity contribution in [3.63, 3.8) is 0 Å². The molecule has 0 bridgehead atoms. The van der Waals surface area contributed by atoms with Crippen LogP contribution in [0.3, 0.4) is 0 Å². The van der Waals surface area contributed by atoms with E-state index in [0.717, 1.165) is 6.54 Å². The highest BCUT2D eigenvalue weighted by Crippen LogP contribution is 2.67. The third-order valence-electron chi connectivity index (χ3n) is 4.49. The van der Waals surface area contributed by atoms with Crippen molar-refractivity contribution < 1.29 is 4.79 Å². The fourth-order valence-corrected chi connectivity index (χ4v) is 2.42. The molecule has 1 rings (SSSR count). The molecule has 1 aliphatic carbocycles. The van der Waals surface area contributed by atoms with Crippen LogP contribution in [-0.4, -0.2) is 25.0 Å². The molecule has 2 N–H and O–H groups in total. The second kappa shape index (κ2) is 4.36. The van der Waals surface area contributed by atoms with E-state index in [1.807, 2.05) is 13.8 Å². The minimum Gasteiger partial charge on any atom is -0.355 e. The number of hydrogen-bond acceptors (Lipinski definition) is 2. The van der Waals surface area contributed by atoms with Gasteiger partial charge in [-0.3, -0.25) is 4.79 Å². The van der Waals surface area contributed by atoms with Gasteiger partial charge in [0, 0.05) is 12.6 Å². The van der Waals surface area contributed by atoms with E-state index in [1.54, 1.807) is 0 Å². The molecule has 16 heavy (non-hydrogen) atoms. The van der Waals surface area contributed by atoms with E-state index in [0.29, 0.717) is 29.3 Å². The number of carbonyl (C=O) groups excluding carboxylic acids is 1. The molecule has 0 aromatic carbocycles. The van der Waals surface area contributed by atoms with Gasteiger partial charge >= 0.3 is 0 Å². The first-order valence-electron chi connectivity index (χ1n) is 6.19. The van der Waals surface area contributed by atoms with Crippen LogP contribution in [-0.2, 0) is 4.79 Å². The second-order valence-corrected chi connectivity index (χ2v) is 6.34. The zero-order valence-electron chi connectivity index (χ0n) is 11.5. The van der Waals surface area contributed by atoms with Crippen molar-refractivity contribution in [3.8, 4) is 0 Å². The Morgan fingerprint density at radius 2 is 1.69 bits per heavy atom. The molecule has 0 saturated heterocycles. The standard InChI is InChI=1S/C13H26N2O/c1-9(2)14-8-11(16)15-7-10-12(3,4)13(10,5)6/h9-10,14H,7-8H2,1-6H3,(H,15,16). The first kappa shape index (κ1) is 13.5. The van der Waals surface area contributed by atoms with Crippen LogP contribution in [0.1, 0.15) is 41.5 Å². The molecule has 3 nitrogen and oxygen atoms in total. The van der Waals surface area contributed by atoms with Crippen LogP contribution in [0.4, 0.5) is 0 Å². The van der Waals surface area contributed by atoms with Gasteiger partial charge < -0.3 is 10.6 Å². The van der Waals surface area contributed by atoms with Gasteiger partial charge in [0.25, 0.3) is 0 Å². The van der Waals surface area contributed by atoms with Gasteiger partial charge in [-0.1, -0.05) is 41.5 Å². The first-order valence-corrected chi connectivity index (χ1v) is 6.19. The van der Waals surface area contributed by atoms with Gasteiger partial charge in [-0.05, 0) is 16.7 Å². The fourth-order valence-electron chi connectivity index (χ4n) is 2.42. The molecule has 1 saturated carbocycles. The van der Waals surface area contributed by atoms with E-state index in [1.165, 1.54) is 0 Å². The average Bonchev–Trinajstić information content (AvgIpc) is 2.51. The molecule has 1 amide bonds. The maximum atomic E-state index is 11.5. The Morgan fingerprint density at radius 1 is 1.19 bits per heavy atom. The number of hydrogen-bond donors (Lipinski definition) is 2. The van der Waals surface area contributed by atoms with Gasteiger partial charge in [0.1, 0.15) is 0 Å². The molecule has 94 valence electrons. The topological polar surface area (TPSA) is 41.1 Å². The van der Waals surface area contributed by atoms with Crippen molar-refractivity contribution in [3.05, 3.63) is 0 Å². The van der Waals surface area contributed by atoms with Crippen LogP contribution in [0.2, 0.25) is 0 Å². The van der Waals surface area contributed by atoms with Crippen molar-refractivity contribution in [2.24, 2.45) is 16.7 Å². The summed E-state index contributed by atoms with van der Waals surface area (Å²) >= 11 is 0. The zero-order chi connectivity index (χ0) is 12.6. The quantitative estimate of drug-likeness (QED) is 0.750.